The van der Waals surface area contributed by atoms with E-state index in [1.165, 1.54) is 0 Å². The summed E-state index contributed by atoms with van der Waals surface area (Å²) in [6.07, 6.45) is 1.34. The third-order valence-electron chi connectivity index (χ3n) is 0.992. The molecule has 0 heterocycles. The van der Waals surface area contributed by atoms with Gasteiger partial charge in [-0.2, -0.15) is 5.26 Å². The van der Waals surface area contributed by atoms with Crippen molar-refractivity contribution in [3.8, 4) is 0 Å². The van der Waals surface area contributed by atoms with Gasteiger partial charge >= 0.3 is 5.97 Å². The van der Waals surface area contributed by atoms with Crippen molar-refractivity contribution in [3.63, 3.8) is 0 Å². The number of carbonyl (C=O) groups excluding carboxylic acids is 1. The molecule has 0 amide bonds. The number of hydrogen-bond donors (Lipinski definition) is 2. The van der Waals surface area contributed by atoms with Crippen molar-refractivity contribution >= 4 is 5.97 Å². The van der Waals surface area contributed by atoms with E-state index in [1.807, 2.05) is 6.92 Å². The van der Waals surface area contributed by atoms with E-state index < -0.39 is 12.0 Å². The van der Waals surface area contributed by atoms with Gasteiger partial charge in [-0.05, 0) is 6.42 Å². The molecular weight excluding hydrogens is 122 g/mol. The van der Waals surface area contributed by atoms with Crippen molar-refractivity contribution in [1.82, 2.24) is 0 Å². The summed E-state index contributed by atoms with van der Waals surface area (Å²) >= 11 is 0. The monoisotopic (exact) mass is 133 g/mol. The van der Waals surface area contributed by atoms with E-state index in [2.05, 4.69) is 4.89 Å². The van der Waals surface area contributed by atoms with E-state index in [9.17, 15) is 4.79 Å². The van der Waals surface area contributed by atoms with Gasteiger partial charge in [0.2, 0.25) is 0 Å². The fraction of sp³-hybridized carbons (Fsp3) is 0.800. The molecule has 9 heavy (non-hydrogen) atoms. The third-order valence-corrected chi connectivity index (χ3v) is 0.992. The van der Waals surface area contributed by atoms with Crippen LogP contribution in [0.3, 0.4) is 0 Å². The van der Waals surface area contributed by atoms with E-state index in [0.717, 1.165) is 6.42 Å². The van der Waals surface area contributed by atoms with Crippen molar-refractivity contribution in [1.29, 1.82) is 0 Å². The van der Waals surface area contributed by atoms with Gasteiger partial charge in [0.05, 0.1) is 0 Å². The van der Waals surface area contributed by atoms with Gasteiger partial charge in [0.25, 0.3) is 0 Å². The minimum absolute atomic E-state index is 0.541. The fourth-order valence-corrected chi connectivity index (χ4v) is 0.497. The number of carbonyl (C=O) groups is 1. The van der Waals surface area contributed by atoms with E-state index in [1.54, 1.807) is 0 Å². The Morgan fingerprint density at radius 3 is 2.78 bits per heavy atom. The Morgan fingerprint density at radius 1 is 1.89 bits per heavy atom. The molecule has 0 saturated heterocycles. The lowest BCUT2D eigenvalue weighted by atomic mass is 10.2. The minimum atomic E-state index is -0.767. The Hall–Kier alpha value is -0.610. The van der Waals surface area contributed by atoms with Crippen molar-refractivity contribution in [2.45, 2.75) is 25.8 Å². The SMILES string of the molecule is CCC[C@@H](N)C(=O)OO. The quantitative estimate of drug-likeness (QED) is 0.424. The zero-order chi connectivity index (χ0) is 7.28. The highest BCUT2D eigenvalue weighted by molar-refractivity contribution is 5.74. The van der Waals surface area contributed by atoms with Crippen molar-refractivity contribution in [2.75, 3.05) is 0 Å². The van der Waals surface area contributed by atoms with Crippen LogP contribution in [0.5, 0.6) is 0 Å². The minimum Gasteiger partial charge on any atom is -0.318 e. The summed E-state index contributed by atoms with van der Waals surface area (Å²) in [5.74, 6) is -0.767. The summed E-state index contributed by atoms with van der Waals surface area (Å²) in [7, 11) is 0. The van der Waals surface area contributed by atoms with Crippen molar-refractivity contribution in [3.05, 3.63) is 0 Å². The highest BCUT2D eigenvalue weighted by Gasteiger charge is 2.12. The number of hydrogen-bond acceptors (Lipinski definition) is 4. The molecule has 0 spiro atoms. The highest BCUT2D eigenvalue weighted by atomic mass is 17.1. The van der Waals surface area contributed by atoms with Crippen LogP contribution in [0.25, 0.3) is 0 Å². The van der Waals surface area contributed by atoms with Gasteiger partial charge in [0.1, 0.15) is 6.04 Å². The second kappa shape index (κ2) is 4.29. The molecule has 4 nitrogen and oxygen atoms in total. The zero-order valence-electron chi connectivity index (χ0n) is 5.33. The van der Waals surface area contributed by atoms with Crippen LogP contribution in [0.1, 0.15) is 19.8 Å². The summed E-state index contributed by atoms with van der Waals surface area (Å²) in [6, 6.07) is -0.681. The summed E-state index contributed by atoms with van der Waals surface area (Å²) in [4.78, 5) is 13.7. The maximum absolute atomic E-state index is 10.3. The molecule has 0 aliphatic rings. The van der Waals surface area contributed by atoms with Gasteiger partial charge in [-0.3, -0.25) is 4.89 Å². The van der Waals surface area contributed by atoms with Crippen LogP contribution < -0.4 is 5.73 Å². The first-order valence-electron chi connectivity index (χ1n) is 2.83. The van der Waals surface area contributed by atoms with Gasteiger partial charge < -0.3 is 5.73 Å². The topological polar surface area (TPSA) is 72.6 Å². The van der Waals surface area contributed by atoms with Crippen LogP contribution in [-0.2, 0) is 9.68 Å². The fourth-order valence-electron chi connectivity index (χ4n) is 0.497. The van der Waals surface area contributed by atoms with Gasteiger partial charge in [-0.25, -0.2) is 4.79 Å². The molecule has 1 atom stereocenters. The molecule has 0 bridgehead atoms. The third kappa shape index (κ3) is 3.05. The Morgan fingerprint density at radius 2 is 2.44 bits per heavy atom. The summed E-state index contributed by atoms with van der Waals surface area (Å²) in [6.45, 7) is 1.89. The Kier molecular flexibility index (Phi) is 4.00. The van der Waals surface area contributed by atoms with Crippen molar-refractivity contribution < 1.29 is 14.9 Å². The molecule has 0 aromatic rings. The lowest BCUT2D eigenvalue weighted by Crippen LogP contribution is -2.31. The lowest BCUT2D eigenvalue weighted by molar-refractivity contribution is -0.235. The summed E-state index contributed by atoms with van der Waals surface area (Å²) < 4.78 is 0. The molecule has 0 aliphatic carbocycles. The molecule has 4 heteroatoms. The molecule has 3 N–H and O–H groups in total. The molecule has 0 aromatic heterocycles. The second-order valence-corrected chi connectivity index (χ2v) is 1.81. The number of rotatable bonds is 3. The van der Waals surface area contributed by atoms with Crippen LogP contribution in [0.4, 0.5) is 0 Å². The molecule has 0 fully saturated rings. The van der Waals surface area contributed by atoms with Crippen LogP contribution in [0.15, 0.2) is 0 Å². The van der Waals surface area contributed by atoms with Crippen LogP contribution >= 0.6 is 0 Å². The molecular formula is C5H11NO3. The van der Waals surface area contributed by atoms with E-state index in [0.29, 0.717) is 6.42 Å². The molecule has 54 valence electrons. The van der Waals surface area contributed by atoms with E-state index in [4.69, 9.17) is 11.0 Å². The summed E-state index contributed by atoms with van der Waals surface area (Å²) in [5, 5.41) is 7.80. The van der Waals surface area contributed by atoms with E-state index in [-0.39, 0.29) is 0 Å². The highest BCUT2D eigenvalue weighted by Crippen LogP contribution is 1.93. The molecule has 0 radical (unpaired) electrons. The first-order valence-corrected chi connectivity index (χ1v) is 2.83. The van der Waals surface area contributed by atoms with Gasteiger partial charge in [-0.1, -0.05) is 13.3 Å². The molecule has 0 unspecified atom stereocenters. The largest absolute Gasteiger partial charge is 0.358 e. The van der Waals surface area contributed by atoms with Crippen LogP contribution in [-0.4, -0.2) is 17.3 Å². The van der Waals surface area contributed by atoms with Crippen LogP contribution in [0, 0.1) is 0 Å². The Bertz CT molecular complexity index is 94.2. The summed E-state index contributed by atoms with van der Waals surface area (Å²) in [5.41, 5.74) is 5.20. The lowest BCUT2D eigenvalue weighted by Gasteiger charge is -2.03. The Labute approximate surface area is 53.5 Å². The predicted octanol–water partition coefficient (Wildman–Crippen LogP) is 0.130. The molecule has 0 aliphatic heterocycles. The normalized spacial score (nSPS) is 12.8. The second-order valence-electron chi connectivity index (χ2n) is 1.81. The molecule has 0 rings (SSSR count). The van der Waals surface area contributed by atoms with Gasteiger partial charge in [0.15, 0.2) is 0 Å². The predicted molar refractivity (Wildman–Crippen MR) is 31.6 cm³/mol. The first kappa shape index (κ1) is 8.39. The maximum atomic E-state index is 10.3. The Balaban J connectivity index is 3.45. The zero-order valence-corrected chi connectivity index (χ0v) is 5.33. The molecule has 0 saturated carbocycles. The van der Waals surface area contributed by atoms with Gasteiger partial charge in [-0.15, -0.1) is 0 Å². The first-order chi connectivity index (χ1) is 4.22. The average Bonchev–Trinajstić information content (AvgIpc) is 1.87. The van der Waals surface area contributed by atoms with E-state index >= 15 is 0 Å². The average molecular weight is 133 g/mol. The maximum Gasteiger partial charge on any atom is 0.358 e. The molecule has 0 aromatic carbocycles. The van der Waals surface area contributed by atoms with Crippen molar-refractivity contribution in [2.24, 2.45) is 5.73 Å². The van der Waals surface area contributed by atoms with Gasteiger partial charge in [0, 0.05) is 0 Å². The smallest absolute Gasteiger partial charge is 0.318 e. The van der Waals surface area contributed by atoms with Crippen LogP contribution in [0.2, 0.25) is 0 Å². The standard InChI is InChI=1S/C5H11NO3/c1-2-3-4(6)5(7)9-8/h4,8H,2-3,6H2,1H3/t4-/m1/s1. The number of nitrogens with two attached hydrogens (primary N) is 1.